The van der Waals surface area contributed by atoms with Crippen LogP contribution in [0.5, 0.6) is 11.5 Å². The number of benzene rings is 2. The van der Waals surface area contributed by atoms with Crippen LogP contribution in [0.4, 0.5) is 0 Å². The zero-order valence-electron chi connectivity index (χ0n) is 18.9. The fraction of sp³-hybridized carbons (Fsp3) is 0.462. The molecule has 1 N–H and O–H groups in total. The maximum atomic E-state index is 11.0. The molecule has 2 aromatic carbocycles. The van der Waals surface area contributed by atoms with E-state index < -0.39 is 0 Å². The molecule has 0 fully saturated rings. The van der Waals surface area contributed by atoms with Crippen LogP contribution in [0.3, 0.4) is 0 Å². The standard InChI is InChI=1S/C26H36O2/c1-10-11-28-24-20(13-18(3)15-22(24)26(7,8)9)16-19-12-17(2)14-21(23(19)27)25(4,5)6/h10,12-15,27H,1,11,16H2,2-9H3. The summed E-state index contributed by atoms with van der Waals surface area (Å²) < 4.78 is 6.14. The first-order valence-electron chi connectivity index (χ1n) is 10.0. The lowest BCUT2D eigenvalue weighted by molar-refractivity contribution is 0.347. The highest BCUT2D eigenvalue weighted by Gasteiger charge is 2.25. The Kier molecular flexibility index (Phi) is 6.33. The fourth-order valence-electron chi connectivity index (χ4n) is 3.61. The van der Waals surface area contributed by atoms with Crippen LogP contribution in [0.1, 0.15) is 74.9 Å². The lowest BCUT2D eigenvalue weighted by Crippen LogP contribution is -2.16. The number of hydrogen-bond donors (Lipinski definition) is 1. The van der Waals surface area contributed by atoms with Gasteiger partial charge in [0, 0.05) is 12.0 Å². The lowest BCUT2D eigenvalue weighted by atomic mass is 9.81. The number of ether oxygens (including phenoxy) is 1. The van der Waals surface area contributed by atoms with Gasteiger partial charge in [-0.05, 0) is 41.4 Å². The molecule has 2 heteroatoms. The Labute approximate surface area is 171 Å². The zero-order valence-corrected chi connectivity index (χ0v) is 18.9. The maximum Gasteiger partial charge on any atom is 0.127 e. The summed E-state index contributed by atoms with van der Waals surface area (Å²) >= 11 is 0. The van der Waals surface area contributed by atoms with Crippen LogP contribution in [0, 0.1) is 13.8 Å². The zero-order chi connectivity index (χ0) is 21.3. The fourth-order valence-corrected chi connectivity index (χ4v) is 3.61. The molecule has 0 aliphatic carbocycles. The van der Waals surface area contributed by atoms with Gasteiger partial charge in [0.15, 0.2) is 0 Å². The van der Waals surface area contributed by atoms with E-state index in [1.165, 1.54) is 11.1 Å². The first kappa shape index (κ1) is 22.1. The summed E-state index contributed by atoms with van der Waals surface area (Å²) in [4.78, 5) is 0. The molecule has 2 nitrogen and oxygen atoms in total. The minimum absolute atomic E-state index is 0.0392. The SMILES string of the molecule is C=CCOc1c(Cc2cc(C)cc(C(C)(C)C)c2O)cc(C)cc1C(C)(C)C. The molecule has 0 aliphatic rings. The predicted molar refractivity (Wildman–Crippen MR) is 120 cm³/mol. The van der Waals surface area contributed by atoms with Crippen molar-refractivity contribution < 1.29 is 9.84 Å². The Balaban J connectivity index is 2.65. The summed E-state index contributed by atoms with van der Waals surface area (Å²) in [5.74, 6) is 1.31. The Morgan fingerprint density at radius 1 is 0.857 bits per heavy atom. The van der Waals surface area contributed by atoms with Gasteiger partial charge in [-0.1, -0.05) is 89.6 Å². The van der Waals surface area contributed by atoms with Gasteiger partial charge in [-0.3, -0.25) is 0 Å². The smallest absolute Gasteiger partial charge is 0.127 e. The van der Waals surface area contributed by atoms with Crippen molar-refractivity contribution in [1.82, 2.24) is 0 Å². The second kappa shape index (κ2) is 8.03. The number of rotatable bonds is 5. The van der Waals surface area contributed by atoms with Crippen molar-refractivity contribution >= 4 is 0 Å². The Hall–Kier alpha value is -2.22. The van der Waals surface area contributed by atoms with Gasteiger partial charge in [0.2, 0.25) is 0 Å². The molecule has 0 unspecified atom stereocenters. The maximum absolute atomic E-state index is 11.0. The van der Waals surface area contributed by atoms with Crippen molar-refractivity contribution in [3.63, 3.8) is 0 Å². The normalized spacial score (nSPS) is 12.1. The molecule has 0 heterocycles. The minimum atomic E-state index is -0.115. The van der Waals surface area contributed by atoms with E-state index in [0.29, 0.717) is 18.8 Å². The highest BCUT2D eigenvalue weighted by molar-refractivity contribution is 5.53. The van der Waals surface area contributed by atoms with E-state index in [1.54, 1.807) is 6.08 Å². The summed E-state index contributed by atoms with van der Waals surface area (Å²) in [5, 5.41) is 11.0. The van der Waals surface area contributed by atoms with Crippen molar-refractivity contribution in [2.45, 2.75) is 72.6 Å². The number of hydrogen-bond acceptors (Lipinski definition) is 2. The van der Waals surface area contributed by atoms with Gasteiger partial charge in [0.1, 0.15) is 18.1 Å². The van der Waals surface area contributed by atoms with Crippen LogP contribution in [-0.2, 0) is 17.3 Å². The van der Waals surface area contributed by atoms with Crippen LogP contribution >= 0.6 is 0 Å². The third-order valence-electron chi connectivity index (χ3n) is 4.99. The van der Waals surface area contributed by atoms with Gasteiger partial charge in [-0.2, -0.15) is 0 Å². The van der Waals surface area contributed by atoms with Crippen molar-refractivity contribution in [3.8, 4) is 11.5 Å². The topological polar surface area (TPSA) is 29.5 Å². The third kappa shape index (κ3) is 4.98. The quantitative estimate of drug-likeness (QED) is 0.581. The van der Waals surface area contributed by atoms with E-state index in [9.17, 15) is 5.11 Å². The number of phenolic OH excluding ortho intramolecular Hbond substituents is 1. The van der Waals surface area contributed by atoms with Crippen molar-refractivity contribution in [2.24, 2.45) is 0 Å². The molecule has 152 valence electrons. The summed E-state index contributed by atoms with van der Waals surface area (Å²) in [6, 6.07) is 8.55. The number of aromatic hydroxyl groups is 1. The molecule has 0 spiro atoms. The van der Waals surface area contributed by atoms with Crippen LogP contribution in [0.25, 0.3) is 0 Å². The van der Waals surface area contributed by atoms with E-state index in [2.05, 4.69) is 86.2 Å². The van der Waals surface area contributed by atoms with E-state index in [0.717, 1.165) is 28.0 Å². The summed E-state index contributed by atoms with van der Waals surface area (Å²) in [6.45, 7) is 21.5. The van der Waals surface area contributed by atoms with Gasteiger partial charge in [0.25, 0.3) is 0 Å². The molecule has 0 aliphatic heterocycles. The molecule has 0 saturated heterocycles. The Morgan fingerprint density at radius 3 is 1.86 bits per heavy atom. The first-order chi connectivity index (χ1) is 12.8. The highest BCUT2D eigenvalue weighted by Crippen LogP contribution is 2.39. The van der Waals surface area contributed by atoms with Crippen LogP contribution in [0.15, 0.2) is 36.9 Å². The number of aryl methyl sites for hydroxylation is 2. The molecule has 2 rings (SSSR count). The van der Waals surface area contributed by atoms with Crippen molar-refractivity contribution in [3.05, 3.63) is 70.3 Å². The largest absolute Gasteiger partial charge is 0.507 e. The van der Waals surface area contributed by atoms with E-state index in [-0.39, 0.29) is 10.8 Å². The molecule has 2 aromatic rings. The molecule has 0 atom stereocenters. The van der Waals surface area contributed by atoms with E-state index >= 15 is 0 Å². The minimum Gasteiger partial charge on any atom is -0.507 e. The average Bonchev–Trinajstić information content (AvgIpc) is 2.54. The summed E-state index contributed by atoms with van der Waals surface area (Å²) in [7, 11) is 0. The molecule has 0 radical (unpaired) electrons. The lowest BCUT2D eigenvalue weighted by Gasteiger charge is -2.26. The van der Waals surface area contributed by atoms with Crippen LogP contribution in [-0.4, -0.2) is 11.7 Å². The molecular weight excluding hydrogens is 344 g/mol. The molecule has 0 saturated carbocycles. The van der Waals surface area contributed by atoms with Gasteiger partial charge < -0.3 is 9.84 Å². The second-order valence-corrected chi connectivity index (χ2v) is 9.90. The van der Waals surface area contributed by atoms with E-state index in [4.69, 9.17) is 4.74 Å². The molecule has 28 heavy (non-hydrogen) atoms. The molecular formula is C26H36O2. The first-order valence-corrected chi connectivity index (χ1v) is 10.0. The number of phenols is 1. The third-order valence-corrected chi connectivity index (χ3v) is 4.99. The van der Waals surface area contributed by atoms with Gasteiger partial charge in [-0.15, -0.1) is 0 Å². The predicted octanol–water partition coefficient (Wildman–Crippen LogP) is 6.76. The van der Waals surface area contributed by atoms with E-state index in [1.807, 2.05) is 0 Å². The monoisotopic (exact) mass is 380 g/mol. The van der Waals surface area contributed by atoms with Gasteiger partial charge in [0.05, 0.1) is 0 Å². The van der Waals surface area contributed by atoms with Crippen LogP contribution < -0.4 is 4.74 Å². The van der Waals surface area contributed by atoms with Gasteiger partial charge >= 0.3 is 0 Å². The molecule has 0 bridgehead atoms. The van der Waals surface area contributed by atoms with Crippen molar-refractivity contribution in [1.29, 1.82) is 0 Å². The average molecular weight is 381 g/mol. The second-order valence-electron chi connectivity index (χ2n) is 9.90. The van der Waals surface area contributed by atoms with Crippen LogP contribution in [0.2, 0.25) is 0 Å². The Morgan fingerprint density at radius 2 is 1.36 bits per heavy atom. The summed E-state index contributed by atoms with van der Waals surface area (Å²) in [6.07, 6.45) is 2.41. The summed E-state index contributed by atoms with van der Waals surface area (Å²) in [5.41, 5.74) is 6.43. The Bertz CT molecular complexity index is 861. The molecule has 0 aromatic heterocycles. The molecule has 0 amide bonds. The highest BCUT2D eigenvalue weighted by atomic mass is 16.5. The van der Waals surface area contributed by atoms with Gasteiger partial charge in [-0.25, -0.2) is 0 Å². The van der Waals surface area contributed by atoms with Crippen molar-refractivity contribution in [2.75, 3.05) is 6.61 Å².